The average molecular weight is 257 g/mol. The molecule has 1 aromatic carbocycles. The molecule has 1 rings (SSSR count). The lowest BCUT2D eigenvalue weighted by Gasteiger charge is -2.23. The number of likely N-dealkylation sites (N-methyl/N-ethyl adjacent to an activating group) is 1. The molecule has 3 nitrogen and oxygen atoms in total. The van der Waals surface area contributed by atoms with Gasteiger partial charge in [-0.1, -0.05) is 25.1 Å². The first kappa shape index (κ1) is 14.6. The summed E-state index contributed by atoms with van der Waals surface area (Å²) in [5, 5.41) is 9.00. The maximum atomic E-state index is 12.5. The predicted octanol–water partition coefficient (Wildman–Crippen LogP) is 2.92. The van der Waals surface area contributed by atoms with Crippen LogP contribution < -0.4 is 0 Å². The van der Waals surface area contributed by atoms with Crippen molar-refractivity contribution >= 4 is 5.97 Å². The van der Waals surface area contributed by atoms with E-state index in [0.29, 0.717) is 18.5 Å². The number of alkyl halides is 2. The highest BCUT2D eigenvalue weighted by Crippen LogP contribution is 2.20. The van der Waals surface area contributed by atoms with E-state index in [4.69, 9.17) is 5.11 Å². The second kappa shape index (κ2) is 6.44. The largest absolute Gasteiger partial charge is 0.480 e. The van der Waals surface area contributed by atoms with E-state index in [-0.39, 0.29) is 5.56 Å². The van der Waals surface area contributed by atoms with Gasteiger partial charge in [-0.25, -0.2) is 8.78 Å². The van der Waals surface area contributed by atoms with Crippen LogP contribution in [0.4, 0.5) is 8.78 Å². The molecule has 0 aromatic heterocycles. The van der Waals surface area contributed by atoms with Crippen molar-refractivity contribution in [2.24, 2.45) is 0 Å². The minimum atomic E-state index is -2.50. The number of carboxylic acids is 1. The molecule has 0 aliphatic rings. The van der Waals surface area contributed by atoms with Crippen molar-refractivity contribution in [2.45, 2.75) is 32.4 Å². The topological polar surface area (TPSA) is 40.5 Å². The van der Waals surface area contributed by atoms with Crippen LogP contribution >= 0.6 is 0 Å². The Morgan fingerprint density at radius 3 is 2.61 bits per heavy atom. The van der Waals surface area contributed by atoms with Crippen molar-refractivity contribution in [3.63, 3.8) is 0 Å². The van der Waals surface area contributed by atoms with Gasteiger partial charge >= 0.3 is 5.97 Å². The molecule has 0 amide bonds. The molecule has 0 radical (unpaired) electrons. The van der Waals surface area contributed by atoms with Gasteiger partial charge in [0.15, 0.2) is 0 Å². The smallest absolute Gasteiger partial charge is 0.320 e. The first-order valence-corrected chi connectivity index (χ1v) is 5.75. The Hall–Kier alpha value is -1.49. The Morgan fingerprint density at radius 1 is 1.44 bits per heavy atom. The molecular weight excluding hydrogens is 240 g/mol. The first-order chi connectivity index (χ1) is 8.45. The van der Waals surface area contributed by atoms with Gasteiger partial charge in [-0.15, -0.1) is 0 Å². The summed E-state index contributed by atoms with van der Waals surface area (Å²) in [6.07, 6.45) is -2.03. The van der Waals surface area contributed by atoms with Gasteiger partial charge in [-0.05, 0) is 25.1 Å². The van der Waals surface area contributed by atoms with Gasteiger partial charge in [-0.3, -0.25) is 9.69 Å². The lowest BCUT2D eigenvalue weighted by Crippen LogP contribution is -2.37. The molecule has 0 aliphatic heterocycles. The monoisotopic (exact) mass is 257 g/mol. The van der Waals surface area contributed by atoms with Crippen LogP contribution in [0.25, 0.3) is 0 Å². The number of aliphatic carboxylic acids is 1. The third-order valence-corrected chi connectivity index (χ3v) is 2.84. The number of hydrogen-bond acceptors (Lipinski definition) is 2. The van der Waals surface area contributed by atoms with E-state index in [2.05, 4.69) is 0 Å². The summed E-state index contributed by atoms with van der Waals surface area (Å²) in [7, 11) is 1.68. The molecule has 5 heteroatoms. The molecular formula is C13H17F2NO2. The minimum Gasteiger partial charge on any atom is -0.480 e. The van der Waals surface area contributed by atoms with Crippen molar-refractivity contribution in [1.82, 2.24) is 4.90 Å². The summed E-state index contributed by atoms with van der Waals surface area (Å²) in [5.74, 6) is -0.898. The molecule has 18 heavy (non-hydrogen) atoms. The Balaban J connectivity index is 2.77. The lowest BCUT2D eigenvalue weighted by atomic mass is 10.1. The van der Waals surface area contributed by atoms with Crippen LogP contribution in [0.15, 0.2) is 24.3 Å². The van der Waals surface area contributed by atoms with Crippen molar-refractivity contribution in [3.8, 4) is 0 Å². The Labute approximate surface area is 105 Å². The molecule has 1 unspecified atom stereocenters. The molecule has 0 heterocycles. The highest BCUT2D eigenvalue weighted by Gasteiger charge is 2.20. The second-order valence-corrected chi connectivity index (χ2v) is 4.22. The number of carbonyl (C=O) groups is 1. The van der Waals surface area contributed by atoms with Crippen molar-refractivity contribution < 1.29 is 18.7 Å². The summed E-state index contributed by atoms with van der Waals surface area (Å²) in [6.45, 7) is 2.12. The van der Waals surface area contributed by atoms with Gasteiger partial charge in [0.1, 0.15) is 6.04 Å². The van der Waals surface area contributed by atoms with Crippen LogP contribution in [0.1, 0.15) is 30.9 Å². The van der Waals surface area contributed by atoms with Crippen LogP contribution in [-0.4, -0.2) is 29.1 Å². The van der Waals surface area contributed by atoms with Gasteiger partial charge in [0, 0.05) is 12.1 Å². The maximum absolute atomic E-state index is 12.5. The molecule has 100 valence electrons. The summed E-state index contributed by atoms with van der Waals surface area (Å²) in [5.41, 5.74) is 0.652. The second-order valence-electron chi connectivity index (χ2n) is 4.22. The van der Waals surface area contributed by atoms with Crippen LogP contribution in [0, 0.1) is 0 Å². The number of hydrogen-bond donors (Lipinski definition) is 1. The number of nitrogens with zero attached hydrogens (tertiary/aromatic N) is 1. The van der Waals surface area contributed by atoms with Crippen LogP contribution in [0.3, 0.4) is 0 Å². The molecule has 1 aromatic rings. The molecule has 0 fully saturated rings. The van der Waals surface area contributed by atoms with Gasteiger partial charge in [0.2, 0.25) is 0 Å². The number of carboxylic acid groups (broad SMARTS) is 1. The average Bonchev–Trinajstić information content (AvgIpc) is 2.29. The zero-order valence-electron chi connectivity index (χ0n) is 10.4. The van der Waals surface area contributed by atoms with Gasteiger partial charge < -0.3 is 5.11 Å². The van der Waals surface area contributed by atoms with E-state index < -0.39 is 18.4 Å². The zero-order chi connectivity index (χ0) is 13.7. The molecule has 0 saturated heterocycles. The molecule has 0 saturated carbocycles. The number of halogens is 2. The fraction of sp³-hybridized carbons (Fsp3) is 0.462. The number of benzene rings is 1. The normalized spacial score (nSPS) is 13.0. The molecule has 0 spiro atoms. The highest BCUT2D eigenvalue weighted by atomic mass is 19.3. The molecule has 1 N–H and O–H groups in total. The standard InChI is InChI=1S/C13H17F2NO2/c1-3-11(13(17)18)16(2)8-9-5-4-6-10(7-9)12(14)15/h4-7,11-12H,3,8H2,1-2H3,(H,17,18). The zero-order valence-corrected chi connectivity index (χ0v) is 10.4. The highest BCUT2D eigenvalue weighted by molar-refractivity contribution is 5.73. The van der Waals surface area contributed by atoms with E-state index >= 15 is 0 Å². The van der Waals surface area contributed by atoms with Crippen molar-refractivity contribution in [3.05, 3.63) is 35.4 Å². The molecule has 0 aliphatic carbocycles. The SMILES string of the molecule is CCC(C(=O)O)N(C)Cc1cccc(C(F)F)c1. The number of rotatable bonds is 6. The Morgan fingerprint density at radius 2 is 2.11 bits per heavy atom. The van der Waals surface area contributed by atoms with E-state index in [1.54, 1.807) is 31.0 Å². The quantitative estimate of drug-likeness (QED) is 0.851. The maximum Gasteiger partial charge on any atom is 0.320 e. The Kier molecular flexibility index (Phi) is 5.22. The van der Waals surface area contributed by atoms with Gasteiger partial charge in [-0.2, -0.15) is 0 Å². The molecule has 0 bridgehead atoms. The summed E-state index contributed by atoms with van der Waals surface area (Å²) >= 11 is 0. The van der Waals surface area contributed by atoms with E-state index in [9.17, 15) is 13.6 Å². The van der Waals surface area contributed by atoms with Crippen molar-refractivity contribution in [2.75, 3.05) is 7.05 Å². The summed E-state index contributed by atoms with van der Waals surface area (Å²) < 4.78 is 25.1. The lowest BCUT2D eigenvalue weighted by molar-refractivity contribution is -0.143. The van der Waals surface area contributed by atoms with Gasteiger partial charge in [0.05, 0.1) is 0 Å². The third-order valence-electron chi connectivity index (χ3n) is 2.84. The minimum absolute atomic E-state index is 0.0377. The fourth-order valence-corrected chi connectivity index (χ4v) is 1.90. The van der Waals surface area contributed by atoms with E-state index in [1.807, 2.05) is 0 Å². The predicted molar refractivity (Wildman–Crippen MR) is 64.6 cm³/mol. The van der Waals surface area contributed by atoms with Crippen LogP contribution in [-0.2, 0) is 11.3 Å². The van der Waals surface area contributed by atoms with Crippen LogP contribution in [0.5, 0.6) is 0 Å². The Bertz CT molecular complexity index is 410. The van der Waals surface area contributed by atoms with Crippen LogP contribution in [0.2, 0.25) is 0 Å². The first-order valence-electron chi connectivity index (χ1n) is 5.75. The molecule has 1 atom stereocenters. The van der Waals surface area contributed by atoms with Gasteiger partial charge in [0.25, 0.3) is 6.43 Å². The van der Waals surface area contributed by atoms with E-state index in [0.717, 1.165) is 0 Å². The fourth-order valence-electron chi connectivity index (χ4n) is 1.90. The third kappa shape index (κ3) is 3.77. The van der Waals surface area contributed by atoms with E-state index in [1.165, 1.54) is 12.1 Å². The summed E-state index contributed by atoms with van der Waals surface area (Å²) in [6, 6.07) is 5.46. The summed E-state index contributed by atoms with van der Waals surface area (Å²) in [4.78, 5) is 12.6. The van der Waals surface area contributed by atoms with Crippen molar-refractivity contribution in [1.29, 1.82) is 0 Å².